The number of hydrogen-bond donors (Lipinski definition) is 2. The van der Waals surface area contributed by atoms with Gasteiger partial charge in [0.2, 0.25) is 0 Å². The van der Waals surface area contributed by atoms with Gasteiger partial charge in [-0.3, -0.25) is 0 Å². The SMILES string of the molecule is Cc1c(C)n(C[C@@H](O)CNC2CCCCC2)c2ccccc12. The van der Waals surface area contributed by atoms with Gasteiger partial charge in [0.05, 0.1) is 12.6 Å². The maximum Gasteiger partial charge on any atom is 0.0843 e. The predicted molar refractivity (Wildman–Crippen MR) is 92.3 cm³/mol. The van der Waals surface area contributed by atoms with E-state index in [9.17, 15) is 5.11 Å². The Morgan fingerprint density at radius 1 is 1.18 bits per heavy atom. The fourth-order valence-corrected chi connectivity index (χ4v) is 3.72. The van der Waals surface area contributed by atoms with Crippen LogP contribution in [0.25, 0.3) is 10.9 Å². The van der Waals surface area contributed by atoms with Gasteiger partial charge in [-0.15, -0.1) is 0 Å². The zero-order valence-electron chi connectivity index (χ0n) is 13.8. The molecule has 1 fully saturated rings. The molecule has 2 aromatic rings. The monoisotopic (exact) mass is 300 g/mol. The number of para-hydroxylation sites is 1. The van der Waals surface area contributed by atoms with Crippen LogP contribution < -0.4 is 5.32 Å². The Kier molecular flexibility index (Phi) is 4.84. The van der Waals surface area contributed by atoms with Crippen molar-refractivity contribution in [2.24, 2.45) is 0 Å². The van der Waals surface area contributed by atoms with Gasteiger partial charge >= 0.3 is 0 Å². The molecule has 1 heterocycles. The molecule has 0 saturated heterocycles. The minimum atomic E-state index is -0.337. The van der Waals surface area contributed by atoms with Crippen molar-refractivity contribution in [3.63, 3.8) is 0 Å². The summed E-state index contributed by atoms with van der Waals surface area (Å²) in [5, 5.41) is 15.3. The number of fused-ring (bicyclic) bond motifs is 1. The molecule has 1 aromatic heterocycles. The molecule has 1 atom stereocenters. The third-order valence-electron chi connectivity index (χ3n) is 5.19. The Morgan fingerprint density at radius 2 is 1.91 bits per heavy atom. The number of aryl methyl sites for hydroxylation is 1. The molecule has 0 unspecified atom stereocenters. The molecule has 1 saturated carbocycles. The molecule has 0 bridgehead atoms. The van der Waals surface area contributed by atoms with E-state index in [1.807, 2.05) is 0 Å². The van der Waals surface area contributed by atoms with E-state index in [1.54, 1.807) is 0 Å². The van der Waals surface area contributed by atoms with Crippen LogP contribution in [0.15, 0.2) is 24.3 Å². The summed E-state index contributed by atoms with van der Waals surface area (Å²) in [6.45, 7) is 5.67. The fourth-order valence-electron chi connectivity index (χ4n) is 3.72. The van der Waals surface area contributed by atoms with E-state index < -0.39 is 0 Å². The van der Waals surface area contributed by atoms with Crippen molar-refractivity contribution in [2.75, 3.05) is 6.54 Å². The number of nitrogens with zero attached hydrogens (tertiary/aromatic N) is 1. The maximum absolute atomic E-state index is 10.4. The number of aliphatic hydroxyl groups excluding tert-OH is 1. The van der Waals surface area contributed by atoms with Gasteiger partial charge in [0.1, 0.15) is 0 Å². The fraction of sp³-hybridized carbons (Fsp3) is 0.579. The zero-order valence-corrected chi connectivity index (χ0v) is 13.8. The van der Waals surface area contributed by atoms with Gasteiger partial charge in [-0.2, -0.15) is 0 Å². The van der Waals surface area contributed by atoms with Crippen LogP contribution in [0.5, 0.6) is 0 Å². The van der Waals surface area contributed by atoms with Gasteiger partial charge in [-0.1, -0.05) is 37.5 Å². The quantitative estimate of drug-likeness (QED) is 0.886. The van der Waals surface area contributed by atoms with Gasteiger partial charge in [-0.05, 0) is 38.3 Å². The normalized spacial score (nSPS) is 18.0. The molecule has 1 aromatic carbocycles. The largest absolute Gasteiger partial charge is 0.390 e. The molecule has 1 aliphatic carbocycles. The molecule has 0 aliphatic heterocycles. The van der Waals surface area contributed by atoms with Gasteiger partial charge < -0.3 is 15.0 Å². The first kappa shape index (κ1) is 15.6. The molecule has 3 nitrogen and oxygen atoms in total. The van der Waals surface area contributed by atoms with Crippen LogP contribution in [0, 0.1) is 13.8 Å². The van der Waals surface area contributed by atoms with E-state index in [0.717, 1.165) is 0 Å². The van der Waals surface area contributed by atoms with E-state index in [2.05, 4.69) is 48.0 Å². The second-order valence-electron chi connectivity index (χ2n) is 6.74. The Balaban J connectivity index is 1.66. The molecule has 120 valence electrons. The van der Waals surface area contributed by atoms with Crippen LogP contribution in [0.1, 0.15) is 43.4 Å². The summed E-state index contributed by atoms with van der Waals surface area (Å²) in [6.07, 6.45) is 6.21. The van der Waals surface area contributed by atoms with Crippen LogP contribution >= 0.6 is 0 Å². The molecule has 3 heteroatoms. The van der Waals surface area contributed by atoms with E-state index >= 15 is 0 Å². The first-order valence-electron chi connectivity index (χ1n) is 8.62. The van der Waals surface area contributed by atoms with Crippen molar-refractivity contribution in [2.45, 2.75) is 64.6 Å². The zero-order chi connectivity index (χ0) is 15.5. The summed E-state index contributed by atoms with van der Waals surface area (Å²) < 4.78 is 2.26. The van der Waals surface area contributed by atoms with Gasteiger partial charge in [-0.25, -0.2) is 0 Å². The summed E-state index contributed by atoms with van der Waals surface area (Å²) in [6, 6.07) is 9.08. The van der Waals surface area contributed by atoms with Crippen LogP contribution in [-0.4, -0.2) is 28.4 Å². The molecule has 1 aliphatic rings. The minimum absolute atomic E-state index is 0.337. The number of benzene rings is 1. The van der Waals surface area contributed by atoms with Gasteiger partial charge in [0.25, 0.3) is 0 Å². The molecule has 0 radical (unpaired) electrons. The van der Waals surface area contributed by atoms with Gasteiger partial charge in [0, 0.05) is 29.2 Å². The van der Waals surface area contributed by atoms with Crippen LogP contribution in [0.3, 0.4) is 0 Å². The number of aliphatic hydroxyl groups is 1. The topological polar surface area (TPSA) is 37.2 Å². The molecule has 0 spiro atoms. The van der Waals surface area contributed by atoms with Crippen LogP contribution in [0.2, 0.25) is 0 Å². The summed E-state index contributed by atoms with van der Waals surface area (Å²) in [5.74, 6) is 0. The van der Waals surface area contributed by atoms with Gasteiger partial charge in [0.15, 0.2) is 0 Å². The van der Waals surface area contributed by atoms with E-state index in [0.29, 0.717) is 19.1 Å². The molecule has 3 rings (SSSR count). The van der Waals surface area contributed by atoms with Crippen LogP contribution in [-0.2, 0) is 6.54 Å². The molecular formula is C19H28N2O. The number of aromatic nitrogens is 1. The predicted octanol–water partition coefficient (Wildman–Crippen LogP) is 3.54. The molecular weight excluding hydrogens is 272 g/mol. The standard InChI is InChI=1S/C19H28N2O/c1-14-15(2)21(19-11-7-6-10-18(14)19)13-17(22)12-20-16-8-4-3-5-9-16/h6-7,10-11,16-17,20,22H,3-5,8-9,12-13H2,1-2H3/t17-/m0/s1. The Bertz CT molecular complexity index is 626. The third kappa shape index (κ3) is 3.21. The lowest BCUT2D eigenvalue weighted by atomic mass is 9.95. The number of rotatable bonds is 5. The second-order valence-corrected chi connectivity index (χ2v) is 6.74. The average Bonchev–Trinajstić information content (AvgIpc) is 2.79. The van der Waals surface area contributed by atoms with Crippen molar-refractivity contribution < 1.29 is 5.11 Å². The van der Waals surface area contributed by atoms with Crippen molar-refractivity contribution in [1.82, 2.24) is 9.88 Å². The molecule has 2 N–H and O–H groups in total. The summed E-state index contributed by atoms with van der Waals surface area (Å²) in [7, 11) is 0. The Labute approximate surface area is 133 Å². The van der Waals surface area contributed by atoms with Crippen molar-refractivity contribution in [1.29, 1.82) is 0 Å². The second kappa shape index (κ2) is 6.84. The lowest BCUT2D eigenvalue weighted by Gasteiger charge is -2.24. The van der Waals surface area contributed by atoms with E-state index in [4.69, 9.17) is 0 Å². The lowest BCUT2D eigenvalue weighted by molar-refractivity contribution is 0.145. The molecule has 0 amide bonds. The first-order chi connectivity index (χ1) is 10.7. The average molecular weight is 300 g/mol. The first-order valence-corrected chi connectivity index (χ1v) is 8.62. The van der Waals surface area contributed by atoms with Crippen molar-refractivity contribution >= 4 is 10.9 Å². The van der Waals surface area contributed by atoms with Crippen molar-refractivity contribution in [3.8, 4) is 0 Å². The highest BCUT2D eigenvalue weighted by molar-refractivity contribution is 5.85. The number of nitrogens with one attached hydrogen (secondary N) is 1. The third-order valence-corrected chi connectivity index (χ3v) is 5.19. The minimum Gasteiger partial charge on any atom is -0.390 e. The lowest BCUT2D eigenvalue weighted by Crippen LogP contribution is -2.38. The highest BCUT2D eigenvalue weighted by Gasteiger charge is 2.16. The number of hydrogen-bond acceptors (Lipinski definition) is 2. The van der Waals surface area contributed by atoms with Crippen LogP contribution in [0.4, 0.5) is 0 Å². The maximum atomic E-state index is 10.4. The van der Waals surface area contributed by atoms with E-state index in [-0.39, 0.29) is 6.10 Å². The highest BCUT2D eigenvalue weighted by Crippen LogP contribution is 2.25. The summed E-state index contributed by atoms with van der Waals surface area (Å²) >= 11 is 0. The smallest absolute Gasteiger partial charge is 0.0843 e. The summed E-state index contributed by atoms with van der Waals surface area (Å²) in [4.78, 5) is 0. The molecule has 22 heavy (non-hydrogen) atoms. The Hall–Kier alpha value is -1.32. The van der Waals surface area contributed by atoms with E-state index in [1.165, 1.54) is 54.3 Å². The Morgan fingerprint density at radius 3 is 2.68 bits per heavy atom. The van der Waals surface area contributed by atoms with Crippen molar-refractivity contribution in [3.05, 3.63) is 35.5 Å². The highest BCUT2D eigenvalue weighted by atomic mass is 16.3. The summed E-state index contributed by atoms with van der Waals surface area (Å²) in [5.41, 5.74) is 3.81.